The second-order valence-electron chi connectivity index (χ2n) is 4.14. The molecule has 0 aliphatic rings. The van der Waals surface area contributed by atoms with Crippen LogP contribution < -0.4 is 10.6 Å². The zero-order valence-electron chi connectivity index (χ0n) is 10.8. The number of unbranched alkanes of at least 4 members (excludes halogenated alkanes) is 1. The van der Waals surface area contributed by atoms with Gasteiger partial charge in [0.25, 0.3) is 5.91 Å². The first kappa shape index (κ1) is 13.1. The number of hydrogen-bond acceptors (Lipinski definition) is 4. The van der Waals surface area contributed by atoms with Crippen LogP contribution in [0.1, 0.15) is 30.3 Å². The summed E-state index contributed by atoms with van der Waals surface area (Å²) >= 11 is 0. The van der Waals surface area contributed by atoms with Crippen LogP contribution in [0.2, 0.25) is 0 Å². The highest BCUT2D eigenvalue weighted by Crippen LogP contribution is 2.11. The Labute approximate surface area is 112 Å². The minimum atomic E-state index is -0.302. The number of nitrogens with one attached hydrogen (secondary N) is 2. The molecule has 0 saturated carbocycles. The molecule has 2 aromatic heterocycles. The molecule has 100 valence electrons. The van der Waals surface area contributed by atoms with Crippen molar-refractivity contribution in [1.29, 1.82) is 0 Å². The van der Waals surface area contributed by atoms with E-state index in [-0.39, 0.29) is 11.7 Å². The summed E-state index contributed by atoms with van der Waals surface area (Å²) in [7, 11) is 0. The third kappa shape index (κ3) is 3.84. The molecule has 5 nitrogen and oxygen atoms in total. The van der Waals surface area contributed by atoms with Crippen LogP contribution >= 0.6 is 0 Å². The van der Waals surface area contributed by atoms with E-state index in [4.69, 9.17) is 4.42 Å². The molecule has 19 heavy (non-hydrogen) atoms. The molecule has 1 amide bonds. The lowest BCUT2D eigenvalue weighted by atomic mass is 10.3. The molecule has 0 atom stereocenters. The van der Waals surface area contributed by atoms with Crippen molar-refractivity contribution in [2.24, 2.45) is 0 Å². The van der Waals surface area contributed by atoms with Gasteiger partial charge in [-0.3, -0.25) is 4.79 Å². The Bertz CT molecular complexity index is 506. The van der Waals surface area contributed by atoms with Crippen LogP contribution in [0.3, 0.4) is 0 Å². The van der Waals surface area contributed by atoms with Crippen LogP contribution in [0, 0.1) is 0 Å². The molecule has 2 N–H and O–H groups in total. The summed E-state index contributed by atoms with van der Waals surface area (Å²) in [5, 5.41) is 5.93. The van der Waals surface area contributed by atoms with Crippen molar-refractivity contribution in [3.63, 3.8) is 0 Å². The van der Waals surface area contributed by atoms with Crippen LogP contribution in [-0.4, -0.2) is 17.4 Å². The summed E-state index contributed by atoms with van der Waals surface area (Å²) in [4.78, 5) is 15.9. The van der Waals surface area contributed by atoms with Crippen LogP contribution in [0.4, 0.5) is 11.5 Å². The summed E-state index contributed by atoms with van der Waals surface area (Å²) in [6.45, 7) is 3.07. The molecule has 0 fully saturated rings. The van der Waals surface area contributed by atoms with E-state index in [9.17, 15) is 4.79 Å². The predicted octanol–water partition coefficient (Wildman–Crippen LogP) is 3.14. The topological polar surface area (TPSA) is 67.2 Å². The van der Waals surface area contributed by atoms with Gasteiger partial charge in [0.2, 0.25) is 0 Å². The van der Waals surface area contributed by atoms with E-state index in [0.29, 0.717) is 5.82 Å². The van der Waals surface area contributed by atoms with Crippen LogP contribution in [0.15, 0.2) is 41.1 Å². The molecule has 2 aromatic rings. The zero-order chi connectivity index (χ0) is 13.5. The lowest BCUT2D eigenvalue weighted by Crippen LogP contribution is -2.12. The number of furan rings is 1. The molecule has 5 heteroatoms. The second-order valence-corrected chi connectivity index (χ2v) is 4.14. The third-order valence-corrected chi connectivity index (χ3v) is 2.61. The molecule has 0 unspecified atom stereocenters. The van der Waals surface area contributed by atoms with Gasteiger partial charge >= 0.3 is 0 Å². The Morgan fingerprint density at radius 2 is 2.26 bits per heavy atom. The van der Waals surface area contributed by atoms with Crippen molar-refractivity contribution in [2.45, 2.75) is 19.8 Å². The van der Waals surface area contributed by atoms with E-state index in [1.807, 2.05) is 6.07 Å². The second kappa shape index (κ2) is 6.58. The van der Waals surface area contributed by atoms with E-state index in [0.717, 1.165) is 25.1 Å². The fraction of sp³-hybridized carbons (Fsp3) is 0.286. The fourth-order valence-corrected chi connectivity index (χ4v) is 1.57. The van der Waals surface area contributed by atoms with Crippen molar-refractivity contribution in [2.75, 3.05) is 17.2 Å². The van der Waals surface area contributed by atoms with Crippen LogP contribution in [-0.2, 0) is 0 Å². The molecule has 2 heterocycles. The largest absolute Gasteiger partial charge is 0.459 e. The maximum absolute atomic E-state index is 11.7. The number of hydrogen-bond donors (Lipinski definition) is 2. The van der Waals surface area contributed by atoms with Gasteiger partial charge in [-0.2, -0.15) is 0 Å². The summed E-state index contributed by atoms with van der Waals surface area (Å²) in [5.41, 5.74) is 0.949. The molecule has 0 saturated heterocycles. The minimum Gasteiger partial charge on any atom is -0.459 e. The number of pyridine rings is 1. The third-order valence-electron chi connectivity index (χ3n) is 2.61. The average molecular weight is 259 g/mol. The van der Waals surface area contributed by atoms with Gasteiger partial charge in [-0.1, -0.05) is 13.3 Å². The first-order valence-corrected chi connectivity index (χ1v) is 6.34. The van der Waals surface area contributed by atoms with Crippen LogP contribution in [0.5, 0.6) is 0 Å². The molecular weight excluding hydrogens is 242 g/mol. The lowest BCUT2D eigenvalue weighted by molar-refractivity contribution is 0.0996. The Kier molecular flexibility index (Phi) is 4.55. The van der Waals surface area contributed by atoms with Gasteiger partial charge in [-0.05, 0) is 30.7 Å². The predicted molar refractivity (Wildman–Crippen MR) is 74.3 cm³/mol. The number of rotatable bonds is 6. The van der Waals surface area contributed by atoms with Gasteiger partial charge < -0.3 is 15.1 Å². The number of carbonyl (C=O) groups is 1. The van der Waals surface area contributed by atoms with Gasteiger partial charge in [-0.25, -0.2) is 4.98 Å². The van der Waals surface area contributed by atoms with E-state index < -0.39 is 0 Å². The van der Waals surface area contributed by atoms with Crippen molar-refractivity contribution in [3.8, 4) is 0 Å². The number of nitrogens with zero attached hydrogens (tertiary/aromatic N) is 1. The number of amides is 1. The smallest absolute Gasteiger partial charge is 0.292 e. The van der Waals surface area contributed by atoms with E-state index in [2.05, 4.69) is 22.5 Å². The minimum absolute atomic E-state index is 0.270. The Morgan fingerprint density at radius 1 is 1.37 bits per heavy atom. The normalized spacial score (nSPS) is 10.2. The molecular formula is C14H17N3O2. The quantitative estimate of drug-likeness (QED) is 0.782. The number of aromatic nitrogens is 1. The number of anilines is 2. The van der Waals surface area contributed by atoms with E-state index in [1.54, 1.807) is 24.4 Å². The molecule has 0 aliphatic heterocycles. The highest BCUT2D eigenvalue weighted by Gasteiger charge is 2.08. The molecule has 0 aromatic carbocycles. The number of carbonyl (C=O) groups excluding carboxylic acids is 1. The van der Waals surface area contributed by atoms with E-state index in [1.165, 1.54) is 6.26 Å². The van der Waals surface area contributed by atoms with Crippen molar-refractivity contribution >= 4 is 17.4 Å². The summed E-state index contributed by atoms with van der Waals surface area (Å²) < 4.78 is 5.00. The lowest BCUT2D eigenvalue weighted by Gasteiger charge is -2.06. The van der Waals surface area contributed by atoms with Crippen LogP contribution in [0.25, 0.3) is 0 Å². The maximum Gasteiger partial charge on any atom is 0.292 e. The Morgan fingerprint density at radius 3 is 2.89 bits per heavy atom. The Hall–Kier alpha value is -2.30. The molecule has 0 spiro atoms. The highest BCUT2D eigenvalue weighted by molar-refractivity contribution is 6.01. The van der Waals surface area contributed by atoms with Gasteiger partial charge in [0.15, 0.2) is 5.76 Å². The first-order chi connectivity index (χ1) is 9.29. The highest BCUT2D eigenvalue weighted by atomic mass is 16.3. The summed E-state index contributed by atoms with van der Waals surface area (Å²) in [6, 6.07) is 6.93. The van der Waals surface area contributed by atoms with Crippen molar-refractivity contribution in [1.82, 2.24) is 4.98 Å². The van der Waals surface area contributed by atoms with Gasteiger partial charge in [0, 0.05) is 6.54 Å². The maximum atomic E-state index is 11.7. The van der Waals surface area contributed by atoms with E-state index >= 15 is 0 Å². The molecule has 0 bridgehead atoms. The average Bonchev–Trinajstić information content (AvgIpc) is 2.95. The fourth-order valence-electron chi connectivity index (χ4n) is 1.57. The van der Waals surface area contributed by atoms with Gasteiger partial charge in [0.1, 0.15) is 5.82 Å². The van der Waals surface area contributed by atoms with Gasteiger partial charge in [0.05, 0.1) is 18.1 Å². The first-order valence-electron chi connectivity index (χ1n) is 6.34. The monoisotopic (exact) mass is 259 g/mol. The van der Waals surface area contributed by atoms with Crippen molar-refractivity contribution < 1.29 is 9.21 Å². The molecule has 0 radical (unpaired) electrons. The zero-order valence-corrected chi connectivity index (χ0v) is 10.8. The van der Waals surface area contributed by atoms with Gasteiger partial charge in [-0.15, -0.1) is 0 Å². The summed E-state index contributed by atoms with van der Waals surface area (Å²) in [5.74, 6) is 0.471. The molecule has 2 rings (SSSR count). The SMILES string of the molecule is CCCCNc1ccc(NC(=O)c2ccco2)nc1. The molecule has 0 aliphatic carbocycles. The standard InChI is InChI=1S/C14H17N3O2/c1-2-3-8-15-11-6-7-13(16-10-11)17-14(18)12-5-4-9-19-12/h4-7,9-10,15H,2-3,8H2,1H3,(H,16,17,18). The van der Waals surface area contributed by atoms with Crippen molar-refractivity contribution in [3.05, 3.63) is 42.5 Å². The Balaban J connectivity index is 1.90. The summed E-state index contributed by atoms with van der Waals surface area (Å²) in [6.07, 6.45) is 5.44.